The molecule has 1 aromatic carbocycles. The number of ether oxygens (including phenoxy) is 1. The zero-order chi connectivity index (χ0) is 12.3. The molecule has 0 aliphatic rings. The number of carbonyl (C=O) groups is 1. The molecule has 0 amide bonds. The molecule has 0 saturated heterocycles. The van der Waals surface area contributed by atoms with Crippen molar-refractivity contribution in [1.29, 1.82) is 0 Å². The van der Waals surface area contributed by atoms with E-state index in [-0.39, 0.29) is 12.4 Å². The second-order valence-electron chi connectivity index (χ2n) is 3.58. The molecule has 1 heterocycles. The zero-order valence-corrected chi connectivity index (χ0v) is 9.43. The molecule has 0 spiro atoms. The molecule has 0 fully saturated rings. The van der Waals surface area contributed by atoms with Gasteiger partial charge in [0.25, 0.3) is 0 Å². The van der Waals surface area contributed by atoms with Crippen LogP contribution < -0.4 is 5.63 Å². The van der Waals surface area contributed by atoms with E-state index >= 15 is 0 Å². The summed E-state index contributed by atoms with van der Waals surface area (Å²) in [5.41, 5.74) is 0.270. The number of rotatable bonds is 3. The quantitative estimate of drug-likeness (QED) is 0.758. The number of benzene rings is 1. The number of fused-ring (bicyclic) bond motifs is 1. The summed E-state index contributed by atoms with van der Waals surface area (Å²) in [6.45, 7) is 2.09. The normalized spacial score (nSPS) is 10.4. The first-order chi connectivity index (χ1) is 8.22. The van der Waals surface area contributed by atoms with Crippen LogP contribution in [0.2, 0.25) is 0 Å². The Morgan fingerprint density at radius 3 is 2.71 bits per heavy atom. The predicted molar refractivity (Wildman–Crippen MR) is 62.8 cm³/mol. The highest BCUT2D eigenvalue weighted by Gasteiger charge is 2.10. The van der Waals surface area contributed by atoms with Gasteiger partial charge in [-0.25, -0.2) is 4.79 Å². The van der Waals surface area contributed by atoms with Crippen LogP contribution in [0, 0.1) is 0 Å². The summed E-state index contributed by atoms with van der Waals surface area (Å²) in [5, 5.41) is 1.21. The highest BCUT2D eigenvalue weighted by molar-refractivity contribution is 5.87. The van der Waals surface area contributed by atoms with Gasteiger partial charge in [-0.1, -0.05) is 18.2 Å². The van der Waals surface area contributed by atoms with Crippen LogP contribution in [0.15, 0.2) is 39.7 Å². The van der Waals surface area contributed by atoms with Crippen molar-refractivity contribution in [2.75, 3.05) is 6.61 Å². The Kier molecular flexibility index (Phi) is 3.23. The Balaban J connectivity index is 2.45. The van der Waals surface area contributed by atoms with E-state index in [1.165, 1.54) is 6.26 Å². The molecule has 0 atom stereocenters. The van der Waals surface area contributed by atoms with Crippen LogP contribution in [0.3, 0.4) is 0 Å². The van der Waals surface area contributed by atoms with Crippen molar-refractivity contribution in [3.8, 4) is 0 Å². The van der Waals surface area contributed by atoms with Crippen LogP contribution in [0.1, 0.15) is 12.5 Å². The number of carbonyl (C=O) groups excluding carboxylic acids is 1. The number of esters is 1. The average Bonchev–Trinajstić information content (AvgIpc) is 2.34. The summed E-state index contributed by atoms with van der Waals surface area (Å²) in [6.07, 6.45) is 1.43. The topological polar surface area (TPSA) is 56.5 Å². The maximum Gasteiger partial charge on any atom is 0.343 e. The van der Waals surface area contributed by atoms with Gasteiger partial charge >= 0.3 is 11.6 Å². The van der Waals surface area contributed by atoms with Gasteiger partial charge in [-0.3, -0.25) is 4.79 Å². The van der Waals surface area contributed by atoms with E-state index in [9.17, 15) is 9.59 Å². The SMILES string of the molecule is CCOC(=O)Cc1coc(=O)c2ccccc12. The van der Waals surface area contributed by atoms with Crippen molar-refractivity contribution in [1.82, 2.24) is 0 Å². The van der Waals surface area contributed by atoms with Crippen molar-refractivity contribution >= 4 is 16.7 Å². The molecule has 0 saturated carbocycles. The summed E-state index contributed by atoms with van der Waals surface area (Å²) in [5.74, 6) is -0.327. The molecule has 0 bridgehead atoms. The fourth-order valence-corrected chi connectivity index (χ4v) is 1.70. The van der Waals surface area contributed by atoms with Crippen molar-refractivity contribution in [3.05, 3.63) is 46.5 Å². The van der Waals surface area contributed by atoms with Crippen LogP contribution in [-0.2, 0) is 16.0 Å². The molecule has 4 heteroatoms. The van der Waals surface area contributed by atoms with Gasteiger partial charge in [-0.2, -0.15) is 0 Å². The molecule has 17 heavy (non-hydrogen) atoms. The van der Waals surface area contributed by atoms with Gasteiger partial charge in [0.05, 0.1) is 24.7 Å². The van der Waals surface area contributed by atoms with Gasteiger partial charge in [0, 0.05) is 5.56 Å². The zero-order valence-electron chi connectivity index (χ0n) is 9.43. The Hall–Kier alpha value is -2.10. The van der Waals surface area contributed by atoms with Crippen molar-refractivity contribution in [2.45, 2.75) is 13.3 Å². The summed E-state index contributed by atoms with van der Waals surface area (Å²) >= 11 is 0. The van der Waals surface area contributed by atoms with E-state index in [1.807, 2.05) is 6.07 Å². The first kappa shape index (κ1) is 11.4. The van der Waals surface area contributed by atoms with E-state index in [0.717, 1.165) is 5.39 Å². The van der Waals surface area contributed by atoms with E-state index in [0.29, 0.717) is 17.6 Å². The summed E-state index contributed by atoms with van der Waals surface area (Å²) in [7, 11) is 0. The smallest absolute Gasteiger partial charge is 0.343 e. The third kappa shape index (κ3) is 2.36. The maximum atomic E-state index is 11.5. The Morgan fingerprint density at radius 2 is 2.00 bits per heavy atom. The molecule has 2 aromatic rings. The predicted octanol–water partition coefficient (Wildman–Crippen LogP) is 1.90. The molecular weight excluding hydrogens is 220 g/mol. The summed E-state index contributed by atoms with van der Waals surface area (Å²) in [6, 6.07) is 7.04. The van der Waals surface area contributed by atoms with Crippen LogP contribution in [0.25, 0.3) is 10.8 Å². The average molecular weight is 232 g/mol. The molecule has 0 N–H and O–H groups in total. The highest BCUT2D eigenvalue weighted by atomic mass is 16.5. The van der Waals surface area contributed by atoms with Gasteiger partial charge in [0.15, 0.2) is 0 Å². The van der Waals surface area contributed by atoms with Crippen molar-refractivity contribution in [2.24, 2.45) is 0 Å². The van der Waals surface area contributed by atoms with E-state index in [1.54, 1.807) is 25.1 Å². The van der Waals surface area contributed by atoms with Crippen LogP contribution in [-0.4, -0.2) is 12.6 Å². The lowest BCUT2D eigenvalue weighted by Gasteiger charge is -2.04. The van der Waals surface area contributed by atoms with E-state index < -0.39 is 5.63 Å². The number of hydrogen-bond acceptors (Lipinski definition) is 4. The number of hydrogen-bond donors (Lipinski definition) is 0. The maximum absolute atomic E-state index is 11.5. The molecule has 0 unspecified atom stereocenters. The third-order valence-electron chi connectivity index (χ3n) is 2.44. The fraction of sp³-hybridized carbons (Fsp3) is 0.231. The lowest BCUT2D eigenvalue weighted by atomic mass is 10.1. The van der Waals surface area contributed by atoms with Crippen LogP contribution in [0.4, 0.5) is 0 Å². The van der Waals surface area contributed by atoms with Crippen LogP contribution in [0.5, 0.6) is 0 Å². The summed E-state index contributed by atoms with van der Waals surface area (Å²) < 4.78 is 9.75. The Labute approximate surface area is 97.8 Å². The fourth-order valence-electron chi connectivity index (χ4n) is 1.70. The molecule has 0 radical (unpaired) electrons. The monoisotopic (exact) mass is 232 g/mol. The van der Waals surface area contributed by atoms with Crippen molar-refractivity contribution in [3.63, 3.8) is 0 Å². The van der Waals surface area contributed by atoms with E-state index in [2.05, 4.69) is 0 Å². The van der Waals surface area contributed by atoms with Gasteiger partial charge in [0.1, 0.15) is 0 Å². The minimum Gasteiger partial charge on any atom is -0.466 e. The summed E-state index contributed by atoms with van der Waals surface area (Å²) in [4.78, 5) is 22.9. The van der Waals surface area contributed by atoms with Crippen LogP contribution >= 0.6 is 0 Å². The van der Waals surface area contributed by atoms with Gasteiger partial charge in [0.2, 0.25) is 0 Å². The Bertz CT molecular complexity index is 598. The molecular formula is C13H12O4. The molecule has 4 nitrogen and oxygen atoms in total. The molecule has 2 rings (SSSR count). The standard InChI is InChI=1S/C13H12O4/c1-2-16-12(14)7-9-8-17-13(15)11-6-4-3-5-10(9)11/h3-6,8H,2,7H2,1H3. The van der Waals surface area contributed by atoms with Crippen molar-refractivity contribution < 1.29 is 13.9 Å². The van der Waals surface area contributed by atoms with Gasteiger partial charge < -0.3 is 9.15 Å². The lowest BCUT2D eigenvalue weighted by molar-refractivity contribution is -0.142. The first-order valence-electron chi connectivity index (χ1n) is 5.37. The molecule has 88 valence electrons. The van der Waals surface area contributed by atoms with E-state index in [4.69, 9.17) is 9.15 Å². The first-order valence-corrected chi connectivity index (χ1v) is 5.37. The van der Waals surface area contributed by atoms with Gasteiger partial charge in [-0.15, -0.1) is 0 Å². The largest absolute Gasteiger partial charge is 0.466 e. The molecule has 0 aliphatic heterocycles. The highest BCUT2D eigenvalue weighted by Crippen LogP contribution is 2.16. The molecule has 0 aliphatic carbocycles. The minimum absolute atomic E-state index is 0.109. The molecule has 1 aromatic heterocycles. The van der Waals surface area contributed by atoms with Gasteiger partial charge in [-0.05, 0) is 18.4 Å². The lowest BCUT2D eigenvalue weighted by Crippen LogP contribution is -2.09. The second-order valence-corrected chi connectivity index (χ2v) is 3.58. The Morgan fingerprint density at radius 1 is 1.29 bits per heavy atom. The third-order valence-corrected chi connectivity index (χ3v) is 2.44. The second kappa shape index (κ2) is 4.82. The minimum atomic E-state index is -0.395.